The van der Waals surface area contributed by atoms with E-state index >= 15 is 0 Å². The summed E-state index contributed by atoms with van der Waals surface area (Å²) in [6, 6.07) is 7.11. The molecule has 20 heavy (non-hydrogen) atoms. The van der Waals surface area contributed by atoms with E-state index in [0.29, 0.717) is 0 Å². The Kier molecular flexibility index (Phi) is 8.42. The average Bonchev–Trinajstić information content (AvgIpc) is 2.46. The molecule has 114 valence electrons. The quantitative estimate of drug-likeness (QED) is 0.714. The molecule has 0 radical (unpaired) electrons. The Morgan fingerprint density at radius 3 is 2.70 bits per heavy atom. The molecule has 0 amide bonds. The van der Waals surface area contributed by atoms with Crippen LogP contribution in [0.1, 0.15) is 31.4 Å². The van der Waals surface area contributed by atoms with Crippen molar-refractivity contribution in [1.82, 2.24) is 10.2 Å². The number of methoxy groups -OCH3 is 1. The molecule has 0 saturated carbocycles. The second-order valence-corrected chi connectivity index (χ2v) is 5.11. The third-order valence-corrected chi connectivity index (χ3v) is 3.40. The molecular weight excluding hydrogens is 255 g/mol. The topological polar surface area (TPSA) is 24.5 Å². The van der Waals surface area contributed by atoms with Crippen molar-refractivity contribution in [3.63, 3.8) is 0 Å². The van der Waals surface area contributed by atoms with Gasteiger partial charge in [-0.15, -0.1) is 0 Å². The molecule has 3 nitrogen and oxygen atoms in total. The first kappa shape index (κ1) is 17.1. The second-order valence-electron chi connectivity index (χ2n) is 5.11. The van der Waals surface area contributed by atoms with Gasteiger partial charge in [0.2, 0.25) is 0 Å². The van der Waals surface area contributed by atoms with Crippen LogP contribution in [0.2, 0.25) is 0 Å². The SMILES string of the molecule is CCCNC(CCN(C)CCOC)c1ccccc1F. The molecule has 1 N–H and O–H groups in total. The van der Waals surface area contributed by atoms with E-state index in [9.17, 15) is 4.39 Å². The van der Waals surface area contributed by atoms with Crippen molar-refractivity contribution in [2.75, 3.05) is 40.4 Å². The monoisotopic (exact) mass is 282 g/mol. The van der Waals surface area contributed by atoms with E-state index in [0.717, 1.165) is 44.6 Å². The highest BCUT2D eigenvalue weighted by atomic mass is 19.1. The Morgan fingerprint density at radius 2 is 2.05 bits per heavy atom. The molecule has 4 heteroatoms. The van der Waals surface area contributed by atoms with Crippen LogP contribution in [0.25, 0.3) is 0 Å². The maximum atomic E-state index is 13.9. The lowest BCUT2D eigenvalue weighted by Gasteiger charge is -2.23. The second kappa shape index (κ2) is 9.86. The Bertz CT molecular complexity index is 373. The molecular formula is C16H27FN2O. The molecule has 0 aliphatic heterocycles. The van der Waals surface area contributed by atoms with Crippen molar-refractivity contribution < 1.29 is 9.13 Å². The predicted molar refractivity (Wildman–Crippen MR) is 81.4 cm³/mol. The molecule has 1 unspecified atom stereocenters. The third kappa shape index (κ3) is 5.99. The first-order chi connectivity index (χ1) is 9.69. The van der Waals surface area contributed by atoms with Gasteiger partial charge in [-0.05, 0) is 39.0 Å². The van der Waals surface area contributed by atoms with Gasteiger partial charge in [-0.2, -0.15) is 0 Å². The van der Waals surface area contributed by atoms with E-state index in [1.807, 2.05) is 12.1 Å². The van der Waals surface area contributed by atoms with Gasteiger partial charge in [-0.3, -0.25) is 0 Å². The smallest absolute Gasteiger partial charge is 0.127 e. The zero-order valence-corrected chi connectivity index (χ0v) is 12.9. The summed E-state index contributed by atoms with van der Waals surface area (Å²) in [6.07, 6.45) is 1.94. The lowest BCUT2D eigenvalue weighted by Crippen LogP contribution is -2.30. The zero-order valence-electron chi connectivity index (χ0n) is 12.9. The van der Waals surface area contributed by atoms with Gasteiger partial charge in [-0.25, -0.2) is 4.39 Å². The molecule has 0 bridgehead atoms. The summed E-state index contributed by atoms with van der Waals surface area (Å²) in [6.45, 7) is 5.56. The summed E-state index contributed by atoms with van der Waals surface area (Å²) >= 11 is 0. The standard InChI is InChI=1S/C16H27FN2O/c1-4-10-18-16(9-11-19(2)12-13-20-3)14-7-5-6-8-15(14)17/h5-8,16,18H,4,9-13H2,1-3H3. The molecule has 0 spiro atoms. The summed E-state index contributed by atoms with van der Waals surface area (Å²) in [5.41, 5.74) is 0.765. The van der Waals surface area contributed by atoms with Gasteiger partial charge in [0.05, 0.1) is 6.61 Å². The van der Waals surface area contributed by atoms with Crippen LogP contribution in [-0.2, 0) is 4.74 Å². The van der Waals surface area contributed by atoms with Crippen molar-refractivity contribution in [3.8, 4) is 0 Å². The van der Waals surface area contributed by atoms with Gasteiger partial charge < -0.3 is 15.0 Å². The van der Waals surface area contributed by atoms with Crippen LogP contribution in [0, 0.1) is 5.82 Å². The molecule has 1 aromatic carbocycles. The van der Waals surface area contributed by atoms with Crippen molar-refractivity contribution in [2.24, 2.45) is 0 Å². The Balaban J connectivity index is 2.58. The molecule has 0 aliphatic rings. The molecule has 0 aromatic heterocycles. The fourth-order valence-corrected chi connectivity index (χ4v) is 2.15. The molecule has 1 rings (SSSR count). The van der Waals surface area contributed by atoms with Crippen LogP contribution >= 0.6 is 0 Å². The van der Waals surface area contributed by atoms with E-state index in [-0.39, 0.29) is 11.9 Å². The minimum Gasteiger partial charge on any atom is -0.383 e. The lowest BCUT2D eigenvalue weighted by atomic mass is 10.0. The van der Waals surface area contributed by atoms with Crippen molar-refractivity contribution >= 4 is 0 Å². The number of nitrogens with one attached hydrogen (secondary N) is 1. The van der Waals surface area contributed by atoms with Crippen LogP contribution < -0.4 is 5.32 Å². The van der Waals surface area contributed by atoms with E-state index in [1.165, 1.54) is 6.07 Å². The number of halogens is 1. The molecule has 0 saturated heterocycles. The largest absolute Gasteiger partial charge is 0.383 e. The van der Waals surface area contributed by atoms with Gasteiger partial charge in [0.1, 0.15) is 5.82 Å². The van der Waals surface area contributed by atoms with Gasteiger partial charge in [-0.1, -0.05) is 25.1 Å². The number of nitrogens with zero attached hydrogens (tertiary/aromatic N) is 1. The number of benzene rings is 1. The third-order valence-electron chi connectivity index (χ3n) is 3.40. The molecule has 0 heterocycles. The highest BCUT2D eigenvalue weighted by Crippen LogP contribution is 2.20. The minimum absolute atomic E-state index is 0.0705. The Hall–Kier alpha value is -0.970. The van der Waals surface area contributed by atoms with Crippen molar-refractivity contribution in [2.45, 2.75) is 25.8 Å². The van der Waals surface area contributed by atoms with Gasteiger partial charge in [0.15, 0.2) is 0 Å². The van der Waals surface area contributed by atoms with E-state index in [4.69, 9.17) is 4.74 Å². The van der Waals surface area contributed by atoms with Crippen molar-refractivity contribution in [1.29, 1.82) is 0 Å². The van der Waals surface area contributed by atoms with Crippen LogP contribution in [0.3, 0.4) is 0 Å². The summed E-state index contributed by atoms with van der Waals surface area (Å²) in [5, 5.41) is 3.44. The highest BCUT2D eigenvalue weighted by Gasteiger charge is 2.15. The van der Waals surface area contributed by atoms with Gasteiger partial charge >= 0.3 is 0 Å². The Labute approximate surface area is 122 Å². The first-order valence-electron chi connectivity index (χ1n) is 7.34. The normalized spacial score (nSPS) is 12.8. The highest BCUT2D eigenvalue weighted by molar-refractivity contribution is 5.21. The zero-order chi connectivity index (χ0) is 14.8. The van der Waals surface area contributed by atoms with Crippen LogP contribution in [0.5, 0.6) is 0 Å². The number of ether oxygens (including phenoxy) is 1. The van der Waals surface area contributed by atoms with E-state index < -0.39 is 0 Å². The Morgan fingerprint density at radius 1 is 1.30 bits per heavy atom. The van der Waals surface area contributed by atoms with Crippen molar-refractivity contribution in [3.05, 3.63) is 35.6 Å². The lowest BCUT2D eigenvalue weighted by molar-refractivity contribution is 0.158. The maximum absolute atomic E-state index is 13.9. The summed E-state index contributed by atoms with van der Waals surface area (Å²) in [4.78, 5) is 2.21. The van der Waals surface area contributed by atoms with Gasteiger partial charge in [0.25, 0.3) is 0 Å². The van der Waals surface area contributed by atoms with E-state index in [1.54, 1.807) is 13.2 Å². The fourth-order valence-electron chi connectivity index (χ4n) is 2.15. The van der Waals surface area contributed by atoms with Crippen LogP contribution in [-0.4, -0.2) is 45.3 Å². The molecule has 0 fully saturated rings. The predicted octanol–water partition coefficient (Wildman–Crippen LogP) is 2.83. The van der Waals surface area contributed by atoms with Crippen LogP contribution in [0.4, 0.5) is 4.39 Å². The molecule has 1 aromatic rings. The number of hydrogen-bond acceptors (Lipinski definition) is 3. The maximum Gasteiger partial charge on any atom is 0.127 e. The van der Waals surface area contributed by atoms with E-state index in [2.05, 4.69) is 24.2 Å². The minimum atomic E-state index is -0.124. The first-order valence-corrected chi connectivity index (χ1v) is 7.34. The molecule has 0 aliphatic carbocycles. The molecule has 1 atom stereocenters. The van der Waals surface area contributed by atoms with Crippen LogP contribution in [0.15, 0.2) is 24.3 Å². The number of hydrogen-bond donors (Lipinski definition) is 1. The summed E-state index contributed by atoms with van der Waals surface area (Å²) in [7, 11) is 3.77. The summed E-state index contributed by atoms with van der Waals surface area (Å²) in [5.74, 6) is -0.124. The fraction of sp³-hybridized carbons (Fsp3) is 0.625. The van der Waals surface area contributed by atoms with Gasteiger partial charge in [0, 0.05) is 25.3 Å². The number of rotatable bonds is 10. The summed E-state index contributed by atoms with van der Waals surface area (Å²) < 4.78 is 19.0. The number of likely N-dealkylation sites (N-methyl/N-ethyl adjacent to an activating group) is 1. The average molecular weight is 282 g/mol.